The SMILES string of the molecule is CCC(C)N1CCNc2cc(C(F)(F)F)ccc21. The van der Waals surface area contributed by atoms with Gasteiger partial charge in [0.2, 0.25) is 0 Å². The lowest BCUT2D eigenvalue weighted by molar-refractivity contribution is -0.137. The first kappa shape index (κ1) is 13.1. The van der Waals surface area contributed by atoms with E-state index in [1.807, 2.05) is 0 Å². The third-order valence-corrected chi connectivity index (χ3v) is 3.42. The van der Waals surface area contributed by atoms with Crippen molar-refractivity contribution in [3.63, 3.8) is 0 Å². The molecule has 1 aliphatic rings. The molecule has 0 aliphatic carbocycles. The molecule has 2 rings (SSSR count). The summed E-state index contributed by atoms with van der Waals surface area (Å²) in [5, 5.41) is 3.04. The Morgan fingerprint density at radius 1 is 1.39 bits per heavy atom. The van der Waals surface area contributed by atoms with E-state index in [0.717, 1.165) is 24.7 Å². The number of hydrogen-bond acceptors (Lipinski definition) is 2. The van der Waals surface area contributed by atoms with Crippen LogP contribution in [0, 0.1) is 0 Å². The highest BCUT2D eigenvalue weighted by molar-refractivity contribution is 5.73. The van der Waals surface area contributed by atoms with Crippen molar-refractivity contribution in [1.29, 1.82) is 0 Å². The summed E-state index contributed by atoms with van der Waals surface area (Å²) < 4.78 is 37.9. The molecule has 0 bridgehead atoms. The molecule has 1 N–H and O–H groups in total. The van der Waals surface area contributed by atoms with E-state index >= 15 is 0 Å². The third kappa shape index (κ3) is 2.40. The minimum atomic E-state index is -4.28. The van der Waals surface area contributed by atoms with Crippen molar-refractivity contribution in [3.8, 4) is 0 Å². The molecule has 0 fully saturated rings. The fourth-order valence-electron chi connectivity index (χ4n) is 2.21. The van der Waals surface area contributed by atoms with Gasteiger partial charge in [-0.05, 0) is 31.5 Å². The molecule has 18 heavy (non-hydrogen) atoms. The van der Waals surface area contributed by atoms with Gasteiger partial charge in [-0.1, -0.05) is 6.92 Å². The van der Waals surface area contributed by atoms with E-state index in [-0.39, 0.29) is 0 Å². The Morgan fingerprint density at radius 3 is 2.72 bits per heavy atom. The lowest BCUT2D eigenvalue weighted by Crippen LogP contribution is -2.40. The Kier molecular flexibility index (Phi) is 3.41. The molecule has 0 aromatic heterocycles. The molecular formula is C13H17F3N2. The molecule has 0 radical (unpaired) electrons. The monoisotopic (exact) mass is 258 g/mol. The average molecular weight is 258 g/mol. The van der Waals surface area contributed by atoms with Gasteiger partial charge in [0, 0.05) is 19.1 Å². The summed E-state index contributed by atoms with van der Waals surface area (Å²) in [6.07, 6.45) is -3.31. The van der Waals surface area contributed by atoms with Crippen molar-refractivity contribution in [2.24, 2.45) is 0 Å². The summed E-state index contributed by atoms with van der Waals surface area (Å²) in [7, 11) is 0. The van der Waals surface area contributed by atoms with Gasteiger partial charge in [-0.2, -0.15) is 13.2 Å². The first-order chi connectivity index (χ1) is 8.43. The maximum atomic E-state index is 12.6. The maximum absolute atomic E-state index is 12.6. The molecule has 0 amide bonds. The van der Waals surface area contributed by atoms with Crippen molar-refractivity contribution in [3.05, 3.63) is 23.8 Å². The summed E-state index contributed by atoms with van der Waals surface area (Å²) in [5.41, 5.74) is 0.847. The van der Waals surface area contributed by atoms with Crippen LogP contribution in [-0.4, -0.2) is 19.1 Å². The highest BCUT2D eigenvalue weighted by atomic mass is 19.4. The standard InChI is InChI=1S/C13H17F3N2/c1-3-9(2)18-7-6-17-11-8-10(13(14,15)16)4-5-12(11)18/h4-5,8-9,17H,3,6-7H2,1-2H3. The number of benzene rings is 1. The van der Waals surface area contributed by atoms with Crippen LogP contribution >= 0.6 is 0 Å². The highest BCUT2D eigenvalue weighted by Gasteiger charge is 2.32. The Bertz CT molecular complexity index is 429. The predicted octanol–water partition coefficient (Wildman–Crippen LogP) is 3.74. The molecule has 5 heteroatoms. The van der Waals surface area contributed by atoms with Crippen LogP contribution in [-0.2, 0) is 6.18 Å². The Balaban J connectivity index is 2.36. The minimum Gasteiger partial charge on any atom is -0.382 e. The van der Waals surface area contributed by atoms with Crippen LogP contribution in [0.15, 0.2) is 18.2 Å². The summed E-state index contributed by atoms with van der Waals surface area (Å²) >= 11 is 0. The van der Waals surface area contributed by atoms with Crippen molar-refractivity contribution < 1.29 is 13.2 Å². The van der Waals surface area contributed by atoms with E-state index in [4.69, 9.17) is 0 Å². The number of rotatable bonds is 2. The number of halogens is 3. The molecule has 0 spiro atoms. The average Bonchev–Trinajstić information content (AvgIpc) is 2.35. The van der Waals surface area contributed by atoms with Crippen LogP contribution in [0.2, 0.25) is 0 Å². The number of nitrogens with one attached hydrogen (secondary N) is 1. The normalized spacial score (nSPS) is 17.1. The van der Waals surface area contributed by atoms with Crippen LogP contribution in [0.4, 0.5) is 24.5 Å². The second-order valence-electron chi connectivity index (χ2n) is 4.61. The molecule has 1 aromatic rings. The van der Waals surface area contributed by atoms with Gasteiger partial charge in [-0.3, -0.25) is 0 Å². The zero-order chi connectivity index (χ0) is 13.3. The van der Waals surface area contributed by atoms with Gasteiger partial charge in [0.05, 0.1) is 16.9 Å². The lowest BCUT2D eigenvalue weighted by atomic mass is 10.1. The van der Waals surface area contributed by atoms with Gasteiger partial charge >= 0.3 is 6.18 Å². The Morgan fingerprint density at radius 2 is 2.11 bits per heavy atom. The summed E-state index contributed by atoms with van der Waals surface area (Å²) in [6, 6.07) is 4.25. The lowest BCUT2D eigenvalue weighted by Gasteiger charge is -2.36. The van der Waals surface area contributed by atoms with Gasteiger partial charge in [0.15, 0.2) is 0 Å². The summed E-state index contributed by atoms with van der Waals surface area (Å²) in [5.74, 6) is 0. The highest BCUT2D eigenvalue weighted by Crippen LogP contribution is 2.37. The van der Waals surface area contributed by atoms with Gasteiger partial charge in [-0.25, -0.2) is 0 Å². The summed E-state index contributed by atoms with van der Waals surface area (Å²) in [4.78, 5) is 2.16. The fourth-order valence-corrected chi connectivity index (χ4v) is 2.21. The van der Waals surface area contributed by atoms with Crippen molar-refractivity contribution in [1.82, 2.24) is 0 Å². The summed E-state index contributed by atoms with van der Waals surface area (Å²) in [6.45, 7) is 5.68. The molecule has 1 heterocycles. The van der Waals surface area contributed by atoms with Crippen LogP contribution in [0.25, 0.3) is 0 Å². The maximum Gasteiger partial charge on any atom is 0.416 e. The number of fused-ring (bicyclic) bond motifs is 1. The molecule has 100 valence electrons. The Hall–Kier alpha value is -1.39. The minimum absolute atomic E-state index is 0.336. The van der Waals surface area contributed by atoms with Gasteiger partial charge in [0.1, 0.15) is 0 Å². The van der Waals surface area contributed by atoms with E-state index in [1.165, 1.54) is 6.07 Å². The quantitative estimate of drug-likeness (QED) is 0.869. The first-order valence-electron chi connectivity index (χ1n) is 6.15. The zero-order valence-corrected chi connectivity index (χ0v) is 10.5. The number of alkyl halides is 3. The second-order valence-corrected chi connectivity index (χ2v) is 4.61. The zero-order valence-electron chi connectivity index (χ0n) is 10.5. The smallest absolute Gasteiger partial charge is 0.382 e. The largest absolute Gasteiger partial charge is 0.416 e. The van der Waals surface area contributed by atoms with Crippen LogP contribution in [0.5, 0.6) is 0 Å². The third-order valence-electron chi connectivity index (χ3n) is 3.42. The molecule has 1 atom stereocenters. The predicted molar refractivity (Wildman–Crippen MR) is 67.0 cm³/mol. The Labute approximate surface area is 105 Å². The van der Waals surface area contributed by atoms with E-state index in [2.05, 4.69) is 24.1 Å². The van der Waals surface area contributed by atoms with Crippen molar-refractivity contribution >= 4 is 11.4 Å². The van der Waals surface area contributed by atoms with E-state index < -0.39 is 11.7 Å². The topological polar surface area (TPSA) is 15.3 Å². The van der Waals surface area contributed by atoms with E-state index in [0.29, 0.717) is 18.3 Å². The molecule has 1 unspecified atom stereocenters. The van der Waals surface area contributed by atoms with Crippen LogP contribution in [0.3, 0.4) is 0 Å². The fraction of sp³-hybridized carbons (Fsp3) is 0.538. The second kappa shape index (κ2) is 4.71. The van der Waals surface area contributed by atoms with Crippen molar-refractivity contribution in [2.75, 3.05) is 23.3 Å². The van der Waals surface area contributed by atoms with E-state index in [1.54, 1.807) is 6.07 Å². The van der Waals surface area contributed by atoms with Gasteiger partial charge < -0.3 is 10.2 Å². The number of anilines is 2. The molecule has 1 aromatic carbocycles. The van der Waals surface area contributed by atoms with Gasteiger partial charge in [0.25, 0.3) is 0 Å². The number of hydrogen-bond donors (Lipinski definition) is 1. The van der Waals surface area contributed by atoms with E-state index in [9.17, 15) is 13.2 Å². The molecule has 1 aliphatic heterocycles. The molecular weight excluding hydrogens is 241 g/mol. The molecule has 0 saturated carbocycles. The molecule has 0 saturated heterocycles. The van der Waals surface area contributed by atoms with Crippen LogP contribution in [0.1, 0.15) is 25.8 Å². The van der Waals surface area contributed by atoms with Crippen LogP contribution < -0.4 is 10.2 Å². The first-order valence-corrected chi connectivity index (χ1v) is 6.15. The van der Waals surface area contributed by atoms with Crippen molar-refractivity contribution in [2.45, 2.75) is 32.5 Å². The molecule has 2 nitrogen and oxygen atoms in total. The van der Waals surface area contributed by atoms with Gasteiger partial charge in [-0.15, -0.1) is 0 Å². The number of nitrogens with zero attached hydrogens (tertiary/aromatic N) is 1.